The van der Waals surface area contributed by atoms with E-state index in [1.807, 2.05) is 0 Å². The average Bonchev–Trinajstić information content (AvgIpc) is 3.58. The summed E-state index contributed by atoms with van der Waals surface area (Å²) in [7, 11) is -7.25. The van der Waals surface area contributed by atoms with Gasteiger partial charge in [-0.25, -0.2) is 31.8 Å². The van der Waals surface area contributed by atoms with Gasteiger partial charge in [0, 0.05) is 36.6 Å². The molecule has 1 fully saturated rings. The molecular weight excluding hydrogens is 541 g/mol. The van der Waals surface area contributed by atoms with Gasteiger partial charge in [0.15, 0.2) is 5.13 Å². The van der Waals surface area contributed by atoms with Crippen LogP contribution in [0, 0.1) is 0 Å². The first-order valence-electron chi connectivity index (χ1n) is 11.0. The molecule has 1 aromatic carbocycles. The number of benzene rings is 1. The van der Waals surface area contributed by atoms with E-state index in [1.165, 1.54) is 41.0 Å². The monoisotopic (exact) mass is 562 g/mol. The number of nitrogens with one attached hydrogen (secondary N) is 2. The summed E-state index contributed by atoms with van der Waals surface area (Å²) in [6, 6.07) is 11.3. The van der Waals surface area contributed by atoms with Crippen molar-refractivity contribution in [2.75, 3.05) is 23.1 Å². The first-order chi connectivity index (χ1) is 17.3. The largest absolute Gasteiger partial charge is 0.324 e. The lowest BCUT2D eigenvalue weighted by Gasteiger charge is -2.25. The highest BCUT2D eigenvalue weighted by molar-refractivity contribution is 7.93. The van der Waals surface area contributed by atoms with Crippen LogP contribution in [0.25, 0.3) is 10.6 Å². The normalized spacial score (nSPS) is 15.0. The summed E-state index contributed by atoms with van der Waals surface area (Å²) < 4.78 is 55.2. The van der Waals surface area contributed by atoms with Crippen molar-refractivity contribution >= 4 is 59.5 Å². The molecule has 0 aliphatic carbocycles. The van der Waals surface area contributed by atoms with E-state index in [0.29, 0.717) is 44.6 Å². The minimum absolute atomic E-state index is 0.0962. The van der Waals surface area contributed by atoms with Crippen LogP contribution >= 0.6 is 22.7 Å². The summed E-state index contributed by atoms with van der Waals surface area (Å²) in [5, 5.41) is 5.04. The summed E-state index contributed by atoms with van der Waals surface area (Å²) in [6.45, 7) is 1.11. The van der Waals surface area contributed by atoms with E-state index < -0.39 is 20.0 Å². The van der Waals surface area contributed by atoms with Crippen molar-refractivity contribution in [1.82, 2.24) is 19.3 Å². The summed E-state index contributed by atoms with van der Waals surface area (Å²) in [5.74, 6) is 0.304. The molecule has 0 radical (unpaired) electrons. The molecule has 0 unspecified atom stereocenters. The Hall–Kier alpha value is -2.91. The number of anilines is 3. The lowest BCUT2D eigenvalue weighted by atomic mass is 10.2. The maximum atomic E-state index is 13.0. The number of piperidine rings is 1. The first-order valence-corrected chi connectivity index (χ1v) is 15.7. The van der Waals surface area contributed by atoms with Crippen LogP contribution in [0.5, 0.6) is 0 Å². The van der Waals surface area contributed by atoms with Crippen molar-refractivity contribution in [3.8, 4) is 10.6 Å². The molecule has 0 bridgehead atoms. The van der Waals surface area contributed by atoms with E-state index >= 15 is 0 Å². The first kappa shape index (κ1) is 24.8. The number of rotatable bonds is 8. The summed E-state index contributed by atoms with van der Waals surface area (Å²) in [4.78, 5) is 13.5. The maximum absolute atomic E-state index is 13.0. The van der Waals surface area contributed by atoms with Crippen LogP contribution in [0.3, 0.4) is 0 Å². The second-order valence-electron chi connectivity index (χ2n) is 7.94. The van der Waals surface area contributed by atoms with Crippen LogP contribution in [0.1, 0.15) is 19.3 Å². The van der Waals surface area contributed by atoms with E-state index in [0.717, 1.165) is 19.3 Å². The van der Waals surface area contributed by atoms with Gasteiger partial charge in [0.05, 0.1) is 15.5 Å². The molecule has 3 aromatic heterocycles. The molecule has 1 saturated heterocycles. The summed E-state index contributed by atoms with van der Waals surface area (Å²) in [5.41, 5.74) is 1.18. The fourth-order valence-electron chi connectivity index (χ4n) is 3.68. The minimum atomic E-state index is -3.75. The van der Waals surface area contributed by atoms with Crippen LogP contribution < -0.4 is 10.0 Å². The number of sulfonamides is 2. The lowest BCUT2D eigenvalue weighted by molar-refractivity contribution is 0.347. The Morgan fingerprint density at radius 1 is 0.861 bits per heavy atom. The van der Waals surface area contributed by atoms with Crippen molar-refractivity contribution in [1.29, 1.82) is 0 Å². The molecule has 0 spiro atoms. The third-order valence-electron chi connectivity index (χ3n) is 5.47. The molecule has 4 heterocycles. The number of aromatic nitrogens is 3. The smallest absolute Gasteiger partial charge is 0.263 e. The van der Waals surface area contributed by atoms with Crippen LogP contribution in [0.4, 0.5) is 16.8 Å². The van der Waals surface area contributed by atoms with Gasteiger partial charge in [0.25, 0.3) is 20.0 Å². The van der Waals surface area contributed by atoms with Gasteiger partial charge in [0.2, 0.25) is 5.95 Å². The molecule has 10 nitrogen and oxygen atoms in total. The Bertz CT molecular complexity index is 1550. The third kappa shape index (κ3) is 5.42. The minimum Gasteiger partial charge on any atom is -0.324 e. The highest BCUT2D eigenvalue weighted by Gasteiger charge is 2.27. The van der Waals surface area contributed by atoms with Gasteiger partial charge < -0.3 is 5.32 Å². The van der Waals surface area contributed by atoms with Crippen molar-refractivity contribution in [3.63, 3.8) is 0 Å². The quantitative estimate of drug-likeness (QED) is 0.323. The Morgan fingerprint density at radius 3 is 2.36 bits per heavy atom. The van der Waals surface area contributed by atoms with Crippen molar-refractivity contribution < 1.29 is 16.8 Å². The van der Waals surface area contributed by atoms with Crippen molar-refractivity contribution in [3.05, 3.63) is 60.2 Å². The van der Waals surface area contributed by atoms with E-state index in [4.69, 9.17) is 0 Å². The third-order valence-corrected chi connectivity index (χ3v) is 11.1. The van der Waals surface area contributed by atoms with Gasteiger partial charge in [-0.1, -0.05) is 6.42 Å². The van der Waals surface area contributed by atoms with Gasteiger partial charge >= 0.3 is 0 Å². The van der Waals surface area contributed by atoms with Crippen LogP contribution in [-0.2, 0) is 20.0 Å². The SMILES string of the molecule is O=S(=O)(Nc1nccs1)c1ccc(Nc2nccc(-c3ccc(S(=O)(=O)N4CCCCC4)s3)n2)cc1. The molecule has 0 amide bonds. The second kappa shape index (κ2) is 10.2. The highest BCUT2D eigenvalue weighted by atomic mass is 32.2. The number of hydrogen-bond acceptors (Lipinski definition) is 10. The molecule has 2 N–H and O–H groups in total. The fourth-order valence-corrected chi connectivity index (χ4v) is 8.42. The topological polar surface area (TPSA) is 134 Å². The average molecular weight is 563 g/mol. The van der Waals surface area contributed by atoms with E-state index in [-0.39, 0.29) is 4.90 Å². The molecule has 1 aliphatic rings. The second-order valence-corrected chi connectivity index (χ2v) is 13.8. The molecule has 1 aliphatic heterocycles. The number of thiophene rings is 1. The molecule has 4 aromatic rings. The zero-order valence-corrected chi connectivity index (χ0v) is 22.1. The summed E-state index contributed by atoms with van der Waals surface area (Å²) >= 11 is 2.38. The van der Waals surface area contributed by atoms with Crippen LogP contribution in [0.15, 0.2) is 69.3 Å². The zero-order valence-electron chi connectivity index (χ0n) is 18.9. The van der Waals surface area contributed by atoms with E-state index in [2.05, 4.69) is 25.0 Å². The molecule has 0 saturated carbocycles. The van der Waals surface area contributed by atoms with Gasteiger partial charge in [-0.2, -0.15) is 4.31 Å². The van der Waals surface area contributed by atoms with Gasteiger partial charge in [-0.15, -0.1) is 22.7 Å². The predicted octanol–water partition coefficient (Wildman–Crippen LogP) is 4.38. The fraction of sp³-hybridized carbons (Fsp3) is 0.227. The Morgan fingerprint density at radius 2 is 1.64 bits per heavy atom. The predicted molar refractivity (Wildman–Crippen MR) is 141 cm³/mol. The van der Waals surface area contributed by atoms with Crippen molar-refractivity contribution in [2.24, 2.45) is 0 Å². The van der Waals surface area contributed by atoms with Gasteiger partial charge in [0.1, 0.15) is 4.21 Å². The summed E-state index contributed by atoms with van der Waals surface area (Å²) in [6.07, 6.45) is 5.93. The Kier molecular flexibility index (Phi) is 7.03. The molecule has 14 heteroatoms. The number of nitrogens with zero attached hydrogens (tertiary/aromatic N) is 4. The standard InChI is InChI=1S/C22H22N6O4S4/c29-35(30,27-22-24-12-15-33-22)17-6-4-16(5-7-17)25-21-23-11-10-18(26-21)19-8-9-20(34-19)36(31,32)28-13-2-1-3-14-28/h4-12,15H,1-3,13-14H2,(H,24,27)(H,23,25,26). The zero-order chi connectivity index (χ0) is 25.2. The van der Waals surface area contributed by atoms with E-state index in [1.54, 1.807) is 46.2 Å². The van der Waals surface area contributed by atoms with Crippen LogP contribution in [0.2, 0.25) is 0 Å². The number of thiazole rings is 1. The Labute approximate surface area is 217 Å². The molecule has 0 atom stereocenters. The van der Waals surface area contributed by atoms with Gasteiger partial charge in [-0.05, 0) is 55.3 Å². The van der Waals surface area contributed by atoms with Gasteiger partial charge in [-0.3, -0.25) is 4.72 Å². The molecule has 5 rings (SSSR count). The van der Waals surface area contributed by atoms with Crippen LogP contribution in [-0.4, -0.2) is 49.2 Å². The highest BCUT2D eigenvalue weighted by Crippen LogP contribution is 2.32. The maximum Gasteiger partial charge on any atom is 0.263 e. The molecule has 188 valence electrons. The molecule has 36 heavy (non-hydrogen) atoms. The van der Waals surface area contributed by atoms with Crippen molar-refractivity contribution in [2.45, 2.75) is 28.4 Å². The number of hydrogen-bond donors (Lipinski definition) is 2. The van der Waals surface area contributed by atoms with E-state index in [9.17, 15) is 16.8 Å². The molecular formula is C22H22N6O4S4. The lowest BCUT2D eigenvalue weighted by Crippen LogP contribution is -2.35. The Balaban J connectivity index is 1.30.